The third-order valence-electron chi connectivity index (χ3n) is 5.63. The topological polar surface area (TPSA) is 113 Å². The van der Waals surface area contributed by atoms with Crippen LogP contribution in [-0.4, -0.2) is 47.0 Å². The molecule has 0 spiro atoms. The number of alkyl halides is 2. The summed E-state index contributed by atoms with van der Waals surface area (Å²) in [6.45, 7) is 3.51. The number of carbonyl (C=O) groups excluding carboxylic acids is 1. The average molecular weight is 442 g/mol. The molecule has 0 aromatic carbocycles. The molecule has 0 radical (unpaired) electrons. The van der Waals surface area contributed by atoms with E-state index in [1.165, 1.54) is 18.2 Å². The molecule has 0 saturated heterocycles. The van der Waals surface area contributed by atoms with E-state index >= 15 is 0 Å². The van der Waals surface area contributed by atoms with Crippen molar-refractivity contribution in [1.82, 2.24) is 29.5 Å². The number of halogens is 2. The van der Waals surface area contributed by atoms with Gasteiger partial charge in [-0.15, -0.1) is 0 Å². The fourth-order valence-corrected chi connectivity index (χ4v) is 4.06. The first-order chi connectivity index (χ1) is 15.3. The number of nitrogens with zero attached hydrogens (tertiary/aromatic N) is 5. The molecule has 0 fully saturated rings. The van der Waals surface area contributed by atoms with Crippen molar-refractivity contribution in [3.05, 3.63) is 70.7 Å². The summed E-state index contributed by atoms with van der Waals surface area (Å²) in [7, 11) is 0. The zero-order valence-corrected chi connectivity index (χ0v) is 17.3. The van der Waals surface area contributed by atoms with Crippen LogP contribution in [-0.2, 0) is 6.42 Å². The van der Waals surface area contributed by atoms with Gasteiger partial charge in [0.1, 0.15) is 12.1 Å². The Hall–Kier alpha value is -3.60. The number of aromatic amines is 1. The van der Waals surface area contributed by atoms with Crippen molar-refractivity contribution >= 4 is 11.4 Å². The summed E-state index contributed by atoms with van der Waals surface area (Å²) in [5, 5.41) is 14.3. The molecule has 0 saturated carbocycles. The Kier molecular flexibility index (Phi) is 4.77. The lowest BCUT2D eigenvalue weighted by Crippen LogP contribution is -2.41. The number of amides is 1. The van der Waals surface area contributed by atoms with Gasteiger partial charge in [0.15, 0.2) is 5.69 Å². The van der Waals surface area contributed by atoms with Gasteiger partial charge >= 0.3 is 0 Å². The summed E-state index contributed by atoms with van der Waals surface area (Å²) in [4.78, 5) is 26.0. The molecule has 1 aliphatic heterocycles. The minimum absolute atomic E-state index is 0.235. The number of aliphatic hydroxyl groups is 1. The van der Waals surface area contributed by atoms with Gasteiger partial charge in [-0.3, -0.25) is 4.79 Å². The molecule has 4 aromatic heterocycles. The van der Waals surface area contributed by atoms with Gasteiger partial charge in [-0.1, -0.05) is 6.07 Å². The molecule has 0 aliphatic carbocycles. The molecule has 1 aliphatic rings. The van der Waals surface area contributed by atoms with Gasteiger partial charge in [-0.2, -0.15) is 5.10 Å². The zero-order chi connectivity index (χ0) is 22.6. The maximum absolute atomic E-state index is 13.6. The molecule has 1 amide bonds. The zero-order valence-electron chi connectivity index (χ0n) is 17.3. The van der Waals surface area contributed by atoms with Crippen molar-refractivity contribution < 1.29 is 23.1 Å². The maximum Gasteiger partial charge on any atom is 0.292 e. The lowest BCUT2D eigenvalue weighted by molar-refractivity contribution is 0.0631. The van der Waals surface area contributed by atoms with E-state index in [2.05, 4.69) is 20.1 Å². The summed E-state index contributed by atoms with van der Waals surface area (Å²) in [6, 6.07) is 4.97. The van der Waals surface area contributed by atoms with Crippen molar-refractivity contribution in [1.29, 1.82) is 0 Å². The van der Waals surface area contributed by atoms with Gasteiger partial charge in [0.05, 0.1) is 23.2 Å². The maximum atomic E-state index is 13.6. The van der Waals surface area contributed by atoms with E-state index in [4.69, 9.17) is 4.42 Å². The SMILES string of the molecule is Cc1cccn2nc(C3c4nc[nH]c4CCN3C(=O)c3oc([C@@H](C)O)nc3C(F)F)cc12. The van der Waals surface area contributed by atoms with E-state index in [1.807, 2.05) is 25.1 Å². The highest BCUT2D eigenvalue weighted by atomic mass is 19.3. The highest BCUT2D eigenvalue weighted by molar-refractivity contribution is 5.93. The van der Waals surface area contributed by atoms with Crippen molar-refractivity contribution in [3.63, 3.8) is 0 Å². The predicted octanol–water partition coefficient (Wildman–Crippen LogP) is 3.13. The number of H-pyrrole nitrogens is 1. The van der Waals surface area contributed by atoms with Crippen molar-refractivity contribution in [3.8, 4) is 0 Å². The lowest BCUT2D eigenvalue weighted by atomic mass is 9.99. The predicted molar refractivity (Wildman–Crippen MR) is 107 cm³/mol. The van der Waals surface area contributed by atoms with Crippen LogP contribution in [0.1, 0.15) is 70.3 Å². The highest BCUT2D eigenvalue weighted by Gasteiger charge is 2.40. The number of aromatic nitrogens is 5. The number of nitrogens with one attached hydrogen (secondary N) is 1. The first kappa shape index (κ1) is 20.3. The molecule has 5 heterocycles. The molecule has 0 bridgehead atoms. The Morgan fingerprint density at radius 2 is 2.22 bits per heavy atom. The number of oxazole rings is 1. The highest BCUT2D eigenvalue weighted by Crippen LogP contribution is 2.36. The summed E-state index contributed by atoms with van der Waals surface area (Å²) in [5.74, 6) is -1.67. The van der Waals surface area contributed by atoms with Crippen LogP contribution in [0.3, 0.4) is 0 Å². The van der Waals surface area contributed by atoms with Crippen LogP contribution in [0.25, 0.3) is 5.52 Å². The second kappa shape index (κ2) is 7.52. The van der Waals surface area contributed by atoms with Gasteiger partial charge in [0.2, 0.25) is 11.7 Å². The number of imidazole rings is 1. The second-order valence-electron chi connectivity index (χ2n) is 7.75. The molecule has 1 unspecified atom stereocenters. The smallest absolute Gasteiger partial charge is 0.292 e. The monoisotopic (exact) mass is 442 g/mol. The van der Waals surface area contributed by atoms with E-state index in [1.54, 1.807) is 10.7 Å². The molecule has 4 aromatic rings. The number of aryl methyl sites for hydroxylation is 1. The van der Waals surface area contributed by atoms with Gasteiger partial charge in [-0.05, 0) is 31.5 Å². The van der Waals surface area contributed by atoms with E-state index in [9.17, 15) is 18.7 Å². The normalized spacial score (nSPS) is 17.2. The third-order valence-corrected chi connectivity index (χ3v) is 5.63. The van der Waals surface area contributed by atoms with Gasteiger partial charge in [0.25, 0.3) is 12.3 Å². The number of fused-ring (bicyclic) bond motifs is 2. The van der Waals surface area contributed by atoms with E-state index in [0.717, 1.165) is 16.8 Å². The minimum atomic E-state index is -3.03. The Labute approximate surface area is 180 Å². The first-order valence-electron chi connectivity index (χ1n) is 10.1. The molecular formula is C21H20F2N6O3. The van der Waals surface area contributed by atoms with Gasteiger partial charge in [-0.25, -0.2) is 23.3 Å². The standard InChI is InChI=1S/C21H20F2N6O3/c1-10-4-3-6-29-14(10)8-13(27-29)17-15-12(24-9-25-15)5-7-28(17)21(31)18-16(19(22)23)26-20(32-18)11(2)30/h3-4,6,8-9,11,17,19,30H,5,7H2,1-2H3,(H,24,25)/t11-,17?/m1/s1. The number of hydrogen-bond acceptors (Lipinski definition) is 6. The molecule has 5 rings (SSSR count). The van der Waals surface area contributed by atoms with Crippen LogP contribution in [0.5, 0.6) is 0 Å². The van der Waals surface area contributed by atoms with Crippen LogP contribution in [0, 0.1) is 6.92 Å². The molecule has 32 heavy (non-hydrogen) atoms. The number of rotatable bonds is 4. The summed E-state index contributed by atoms with van der Waals surface area (Å²) in [5.41, 5.74) is 3.07. The second-order valence-corrected chi connectivity index (χ2v) is 7.75. The molecule has 2 atom stereocenters. The van der Waals surface area contributed by atoms with Crippen LogP contribution >= 0.6 is 0 Å². The van der Waals surface area contributed by atoms with Crippen LogP contribution in [0.15, 0.2) is 35.1 Å². The minimum Gasteiger partial charge on any atom is -0.432 e. The van der Waals surface area contributed by atoms with E-state index < -0.39 is 35.9 Å². The molecule has 9 nitrogen and oxygen atoms in total. The molecule has 2 N–H and O–H groups in total. The largest absolute Gasteiger partial charge is 0.432 e. The van der Waals surface area contributed by atoms with Crippen LogP contribution in [0.2, 0.25) is 0 Å². The van der Waals surface area contributed by atoms with Crippen LogP contribution < -0.4 is 0 Å². The average Bonchev–Trinajstić information content (AvgIpc) is 3.49. The Morgan fingerprint density at radius 1 is 1.41 bits per heavy atom. The first-order valence-corrected chi connectivity index (χ1v) is 10.1. The van der Waals surface area contributed by atoms with E-state index in [0.29, 0.717) is 17.8 Å². The molecular weight excluding hydrogens is 422 g/mol. The van der Waals surface area contributed by atoms with Crippen molar-refractivity contribution in [2.24, 2.45) is 0 Å². The Morgan fingerprint density at radius 3 is 2.94 bits per heavy atom. The van der Waals surface area contributed by atoms with Crippen molar-refractivity contribution in [2.75, 3.05) is 6.54 Å². The van der Waals surface area contributed by atoms with Gasteiger partial charge in [0, 0.05) is 24.9 Å². The van der Waals surface area contributed by atoms with Crippen LogP contribution in [0.4, 0.5) is 8.78 Å². The molecule has 11 heteroatoms. The summed E-state index contributed by atoms with van der Waals surface area (Å²) >= 11 is 0. The van der Waals surface area contributed by atoms with Crippen molar-refractivity contribution in [2.45, 2.75) is 38.8 Å². The Balaban J connectivity index is 1.63. The summed E-state index contributed by atoms with van der Waals surface area (Å²) in [6.07, 6.45) is -0.465. The fraction of sp³-hybridized carbons (Fsp3) is 0.333. The third kappa shape index (κ3) is 3.16. The van der Waals surface area contributed by atoms with E-state index in [-0.39, 0.29) is 12.4 Å². The quantitative estimate of drug-likeness (QED) is 0.502. The number of pyridine rings is 1. The number of hydrogen-bond donors (Lipinski definition) is 2. The number of carbonyl (C=O) groups is 1. The Bertz CT molecular complexity index is 1310. The van der Waals surface area contributed by atoms with Gasteiger partial charge < -0.3 is 19.4 Å². The lowest BCUT2D eigenvalue weighted by Gasteiger charge is -2.33. The fourth-order valence-electron chi connectivity index (χ4n) is 4.06. The summed E-state index contributed by atoms with van der Waals surface area (Å²) < 4.78 is 34.2. The molecule has 166 valence electrons. The number of aliphatic hydroxyl groups excluding tert-OH is 1.